The summed E-state index contributed by atoms with van der Waals surface area (Å²) in [6.45, 7) is 6.83. The Morgan fingerprint density at radius 1 is 1.13 bits per heavy atom. The van der Waals surface area contributed by atoms with Crippen molar-refractivity contribution >= 4 is 16.6 Å². The van der Waals surface area contributed by atoms with Gasteiger partial charge in [0.15, 0.2) is 11.5 Å². The van der Waals surface area contributed by atoms with Crippen molar-refractivity contribution in [1.82, 2.24) is 4.98 Å². The van der Waals surface area contributed by atoms with Crippen LogP contribution in [-0.2, 0) is 0 Å². The first-order valence-electron chi connectivity index (χ1n) is 8.34. The monoisotopic (exact) mass is 316 g/mol. The van der Waals surface area contributed by atoms with Crippen molar-refractivity contribution in [3.8, 4) is 11.5 Å². The minimum atomic E-state index is -0.178. The van der Waals surface area contributed by atoms with Crippen LogP contribution in [-0.4, -0.2) is 42.5 Å². The van der Waals surface area contributed by atoms with Crippen LogP contribution in [0.15, 0.2) is 24.4 Å². The van der Waals surface area contributed by atoms with E-state index in [2.05, 4.69) is 9.88 Å². The van der Waals surface area contributed by atoms with Gasteiger partial charge in [0.25, 0.3) is 0 Å². The quantitative estimate of drug-likeness (QED) is 0.919. The van der Waals surface area contributed by atoms with Crippen LogP contribution in [0.5, 0.6) is 11.5 Å². The number of aliphatic hydroxyl groups is 1. The SMILES string of the molecule is CCOc1cc2nccc(N3CCC(O)CC3)c2cc1OCC. The lowest BCUT2D eigenvalue weighted by molar-refractivity contribution is 0.145. The van der Waals surface area contributed by atoms with Crippen LogP contribution in [0.25, 0.3) is 10.9 Å². The second-order valence-corrected chi connectivity index (χ2v) is 5.73. The molecule has 0 spiro atoms. The van der Waals surface area contributed by atoms with Crippen LogP contribution >= 0.6 is 0 Å². The highest BCUT2D eigenvalue weighted by molar-refractivity contribution is 5.94. The number of aliphatic hydroxyl groups excluding tert-OH is 1. The molecular formula is C18H24N2O3. The molecule has 0 bridgehead atoms. The van der Waals surface area contributed by atoms with Gasteiger partial charge in [0.2, 0.25) is 0 Å². The van der Waals surface area contributed by atoms with E-state index in [-0.39, 0.29) is 6.10 Å². The van der Waals surface area contributed by atoms with Crippen molar-refractivity contribution in [3.63, 3.8) is 0 Å². The summed E-state index contributed by atoms with van der Waals surface area (Å²) in [6.07, 6.45) is 3.26. The topological polar surface area (TPSA) is 54.8 Å². The third-order valence-corrected chi connectivity index (χ3v) is 4.19. The molecular weight excluding hydrogens is 292 g/mol. The standard InChI is InChI=1S/C18H24N2O3/c1-3-22-17-11-14-15(12-18(17)23-4-2)19-8-5-16(14)20-9-6-13(21)7-10-20/h5,8,11-13,21H,3-4,6-7,9-10H2,1-2H3. The Balaban J connectivity index is 2.03. The first-order chi connectivity index (χ1) is 11.2. The van der Waals surface area contributed by atoms with Gasteiger partial charge < -0.3 is 19.5 Å². The summed E-state index contributed by atoms with van der Waals surface area (Å²) < 4.78 is 11.4. The number of ether oxygens (including phenoxy) is 2. The molecule has 2 heterocycles. The number of nitrogens with zero attached hydrogens (tertiary/aromatic N) is 2. The molecule has 1 N–H and O–H groups in total. The molecule has 0 aliphatic carbocycles. The molecule has 23 heavy (non-hydrogen) atoms. The van der Waals surface area contributed by atoms with E-state index in [9.17, 15) is 5.11 Å². The van der Waals surface area contributed by atoms with Gasteiger partial charge in [-0.2, -0.15) is 0 Å². The van der Waals surface area contributed by atoms with E-state index in [4.69, 9.17) is 9.47 Å². The van der Waals surface area contributed by atoms with Crippen molar-refractivity contribution in [1.29, 1.82) is 0 Å². The Hall–Kier alpha value is -2.01. The Kier molecular flexibility index (Phi) is 4.86. The normalized spacial score (nSPS) is 15.9. The fourth-order valence-electron chi connectivity index (χ4n) is 3.06. The van der Waals surface area contributed by atoms with Crippen molar-refractivity contribution in [3.05, 3.63) is 24.4 Å². The predicted molar refractivity (Wildman–Crippen MR) is 91.5 cm³/mol. The molecule has 1 aromatic heterocycles. The summed E-state index contributed by atoms with van der Waals surface area (Å²) in [5.74, 6) is 1.49. The van der Waals surface area contributed by atoms with Gasteiger partial charge in [-0.25, -0.2) is 0 Å². The summed E-state index contributed by atoms with van der Waals surface area (Å²) in [4.78, 5) is 6.80. The number of anilines is 1. The number of hydrogen-bond acceptors (Lipinski definition) is 5. The molecule has 2 aromatic rings. The van der Waals surface area contributed by atoms with Crippen LogP contribution in [0.2, 0.25) is 0 Å². The van der Waals surface area contributed by atoms with Gasteiger partial charge in [0, 0.05) is 36.4 Å². The number of benzene rings is 1. The number of rotatable bonds is 5. The first-order valence-corrected chi connectivity index (χ1v) is 8.34. The summed E-state index contributed by atoms with van der Waals surface area (Å²) in [5.41, 5.74) is 2.05. The smallest absolute Gasteiger partial charge is 0.163 e. The van der Waals surface area contributed by atoms with Gasteiger partial charge >= 0.3 is 0 Å². The average Bonchev–Trinajstić information content (AvgIpc) is 2.56. The zero-order valence-electron chi connectivity index (χ0n) is 13.8. The van der Waals surface area contributed by atoms with E-state index < -0.39 is 0 Å². The Bertz CT molecular complexity index is 667. The largest absolute Gasteiger partial charge is 0.490 e. The highest BCUT2D eigenvalue weighted by Gasteiger charge is 2.20. The predicted octanol–water partition coefficient (Wildman–Crippen LogP) is 2.99. The summed E-state index contributed by atoms with van der Waals surface area (Å²) >= 11 is 0. The summed E-state index contributed by atoms with van der Waals surface area (Å²) in [5, 5.41) is 10.8. The Morgan fingerprint density at radius 2 is 1.78 bits per heavy atom. The van der Waals surface area contributed by atoms with E-state index >= 15 is 0 Å². The number of aromatic nitrogens is 1. The van der Waals surface area contributed by atoms with E-state index in [0.29, 0.717) is 13.2 Å². The van der Waals surface area contributed by atoms with Crippen LogP contribution in [0.4, 0.5) is 5.69 Å². The van der Waals surface area contributed by atoms with Crippen LogP contribution < -0.4 is 14.4 Å². The third kappa shape index (κ3) is 3.34. The van der Waals surface area contributed by atoms with E-state index in [1.54, 1.807) is 0 Å². The average molecular weight is 316 g/mol. The molecule has 1 aromatic carbocycles. The van der Waals surface area contributed by atoms with Gasteiger partial charge in [-0.3, -0.25) is 4.98 Å². The molecule has 0 unspecified atom stereocenters. The van der Waals surface area contributed by atoms with Crippen LogP contribution in [0.1, 0.15) is 26.7 Å². The molecule has 0 atom stereocenters. The molecule has 0 saturated carbocycles. The van der Waals surface area contributed by atoms with E-state index in [1.165, 1.54) is 0 Å². The second-order valence-electron chi connectivity index (χ2n) is 5.73. The molecule has 0 radical (unpaired) electrons. The van der Waals surface area contributed by atoms with Crippen molar-refractivity contribution in [2.75, 3.05) is 31.2 Å². The maximum absolute atomic E-state index is 9.72. The molecule has 1 saturated heterocycles. The lowest BCUT2D eigenvalue weighted by Gasteiger charge is -2.32. The minimum absolute atomic E-state index is 0.178. The maximum Gasteiger partial charge on any atom is 0.163 e. The first kappa shape index (κ1) is 15.9. The Morgan fingerprint density at radius 3 is 2.43 bits per heavy atom. The fourth-order valence-corrected chi connectivity index (χ4v) is 3.06. The second kappa shape index (κ2) is 7.04. The molecule has 0 amide bonds. The number of fused-ring (bicyclic) bond motifs is 1. The van der Waals surface area contributed by atoms with E-state index in [1.807, 2.05) is 38.2 Å². The highest BCUT2D eigenvalue weighted by Crippen LogP contribution is 2.36. The van der Waals surface area contributed by atoms with Crippen molar-refractivity contribution in [2.45, 2.75) is 32.8 Å². The molecule has 1 aliphatic heterocycles. The molecule has 3 rings (SSSR count). The minimum Gasteiger partial charge on any atom is -0.490 e. The molecule has 5 nitrogen and oxygen atoms in total. The van der Waals surface area contributed by atoms with Gasteiger partial charge in [-0.05, 0) is 38.8 Å². The molecule has 1 aliphatic rings. The summed E-state index contributed by atoms with van der Waals surface area (Å²) in [7, 11) is 0. The number of pyridine rings is 1. The molecule has 5 heteroatoms. The zero-order chi connectivity index (χ0) is 16.2. The summed E-state index contributed by atoms with van der Waals surface area (Å²) in [6, 6.07) is 6.01. The van der Waals surface area contributed by atoms with Crippen LogP contribution in [0, 0.1) is 0 Å². The van der Waals surface area contributed by atoms with Gasteiger partial charge in [0.1, 0.15) is 0 Å². The third-order valence-electron chi connectivity index (χ3n) is 4.19. The molecule has 1 fully saturated rings. The number of piperidine rings is 1. The lowest BCUT2D eigenvalue weighted by atomic mass is 10.1. The fraction of sp³-hybridized carbons (Fsp3) is 0.500. The number of hydrogen-bond donors (Lipinski definition) is 1. The Labute approximate surface area is 136 Å². The van der Waals surface area contributed by atoms with Crippen LogP contribution in [0.3, 0.4) is 0 Å². The zero-order valence-corrected chi connectivity index (χ0v) is 13.8. The van der Waals surface area contributed by atoms with Gasteiger partial charge in [0.05, 0.1) is 24.8 Å². The molecule has 124 valence electrons. The van der Waals surface area contributed by atoms with Crippen molar-refractivity contribution in [2.24, 2.45) is 0 Å². The highest BCUT2D eigenvalue weighted by atomic mass is 16.5. The van der Waals surface area contributed by atoms with Crippen molar-refractivity contribution < 1.29 is 14.6 Å². The van der Waals surface area contributed by atoms with Gasteiger partial charge in [-0.1, -0.05) is 0 Å². The van der Waals surface area contributed by atoms with E-state index in [0.717, 1.165) is 54.0 Å². The van der Waals surface area contributed by atoms with Gasteiger partial charge in [-0.15, -0.1) is 0 Å². The lowest BCUT2D eigenvalue weighted by Crippen LogP contribution is -2.35. The maximum atomic E-state index is 9.72.